The lowest BCUT2D eigenvalue weighted by Crippen LogP contribution is -2.31. The third-order valence-corrected chi connectivity index (χ3v) is 6.26. The maximum atomic E-state index is 10.8. The van der Waals surface area contributed by atoms with Crippen molar-refractivity contribution in [2.75, 3.05) is 7.11 Å². The van der Waals surface area contributed by atoms with E-state index in [-0.39, 0.29) is 17.5 Å². The molecule has 2 heterocycles. The first-order valence-electron chi connectivity index (χ1n) is 8.51. The number of phenolic OH excluding ortho intramolecular Hbond substituents is 1. The Kier molecular flexibility index (Phi) is 5.39. The summed E-state index contributed by atoms with van der Waals surface area (Å²) in [6.07, 6.45) is 0. The second-order valence-electron chi connectivity index (χ2n) is 6.42. The molecule has 0 radical (unpaired) electrons. The first kappa shape index (κ1) is 20.0. The molecule has 0 bridgehead atoms. The number of fused-ring (bicyclic) bond motifs is 1. The van der Waals surface area contributed by atoms with Crippen molar-refractivity contribution in [3.8, 4) is 34.7 Å². The number of benzene rings is 2. The van der Waals surface area contributed by atoms with E-state index in [0.29, 0.717) is 20.4 Å². The number of aromatic nitrogens is 2. The van der Waals surface area contributed by atoms with Gasteiger partial charge in [0.05, 0.1) is 28.0 Å². The van der Waals surface area contributed by atoms with Gasteiger partial charge in [-0.05, 0) is 81.6 Å². The Balaban J connectivity index is 1.96. The van der Waals surface area contributed by atoms with Crippen LogP contribution in [0.3, 0.4) is 0 Å². The monoisotopic (exact) mass is 612 g/mol. The quantitative estimate of drug-likeness (QED) is 0.373. The van der Waals surface area contributed by atoms with Gasteiger partial charge in [-0.3, -0.25) is 10.5 Å². The van der Waals surface area contributed by atoms with Gasteiger partial charge in [0, 0.05) is 20.6 Å². The number of aromatic hydroxyl groups is 1. The SMILES string of the molecule is COc1ccc(-c2[nH]nc3c2C(c2cc(I)cc(I)c2O)C(C#N)C(=N)O3)cc1. The van der Waals surface area contributed by atoms with Gasteiger partial charge in [0.1, 0.15) is 17.4 Å². The molecule has 3 aromatic rings. The molecule has 0 amide bonds. The predicted octanol–water partition coefficient (Wildman–Crippen LogP) is 4.64. The highest BCUT2D eigenvalue weighted by Gasteiger charge is 2.42. The Morgan fingerprint density at radius 3 is 2.66 bits per heavy atom. The molecule has 1 aliphatic rings. The minimum atomic E-state index is -0.892. The normalized spacial score (nSPS) is 17.9. The van der Waals surface area contributed by atoms with E-state index < -0.39 is 11.8 Å². The van der Waals surface area contributed by atoms with Gasteiger partial charge in [0.15, 0.2) is 0 Å². The van der Waals surface area contributed by atoms with Crippen LogP contribution in [-0.2, 0) is 0 Å². The highest BCUT2D eigenvalue weighted by atomic mass is 127. The smallest absolute Gasteiger partial charge is 0.244 e. The van der Waals surface area contributed by atoms with Crippen molar-refractivity contribution in [1.29, 1.82) is 10.7 Å². The van der Waals surface area contributed by atoms with E-state index in [1.54, 1.807) is 7.11 Å². The Bertz CT molecular complexity index is 1150. The lowest BCUT2D eigenvalue weighted by molar-refractivity contribution is 0.415. The number of nitriles is 1. The van der Waals surface area contributed by atoms with Crippen LogP contribution in [0.4, 0.5) is 0 Å². The van der Waals surface area contributed by atoms with Crippen molar-refractivity contribution < 1.29 is 14.6 Å². The third-order valence-electron chi connectivity index (χ3n) is 4.81. The van der Waals surface area contributed by atoms with E-state index in [0.717, 1.165) is 14.9 Å². The molecule has 2 unspecified atom stereocenters. The van der Waals surface area contributed by atoms with Crippen LogP contribution in [0.15, 0.2) is 36.4 Å². The van der Waals surface area contributed by atoms with Crippen molar-refractivity contribution in [3.05, 3.63) is 54.7 Å². The van der Waals surface area contributed by atoms with Crippen molar-refractivity contribution in [2.45, 2.75) is 5.92 Å². The van der Waals surface area contributed by atoms with Crippen LogP contribution in [-0.4, -0.2) is 28.3 Å². The summed E-state index contributed by atoms with van der Waals surface area (Å²) in [4.78, 5) is 0. The summed E-state index contributed by atoms with van der Waals surface area (Å²) < 4.78 is 12.4. The average Bonchev–Trinajstić information content (AvgIpc) is 3.13. The van der Waals surface area contributed by atoms with E-state index in [4.69, 9.17) is 14.9 Å². The summed E-state index contributed by atoms with van der Waals surface area (Å²) in [6, 6.07) is 13.3. The van der Waals surface area contributed by atoms with Crippen molar-refractivity contribution >= 4 is 51.1 Å². The molecule has 9 heteroatoms. The predicted molar refractivity (Wildman–Crippen MR) is 123 cm³/mol. The number of hydrogen-bond donors (Lipinski definition) is 3. The second-order valence-corrected chi connectivity index (χ2v) is 8.83. The summed E-state index contributed by atoms with van der Waals surface area (Å²) in [5, 5.41) is 36.0. The number of rotatable bonds is 3. The molecular weight excluding hydrogens is 598 g/mol. The molecular formula is C20H14I2N4O3. The highest BCUT2D eigenvalue weighted by molar-refractivity contribution is 14.1. The number of ether oxygens (including phenoxy) is 2. The third kappa shape index (κ3) is 3.44. The van der Waals surface area contributed by atoms with Crippen LogP contribution in [0, 0.1) is 29.8 Å². The van der Waals surface area contributed by atoms with Gasteiger partial charge in [0.25, 0.3) is 0 Å². The number of halogens is 2. The first-order valence-corrected chi connectivity index (χ1v) is 10.7. The Hall–Kier alpha value is -2.33. The molecule has 0 saturated heterocycles. The number of nitrogens with one attached hydrogen (secondary N) is 2. The summed E-state index contributed by atoms with van der Waals surface area (Å²) in [5.74, 6) is -0.626. The molecule has 4 rings (SSSR count). The van der Waals surface area contributed by atoms with Gasteiger partial charge >= 0.3 is 0 Å². The van der Waals surface area contributed by atoms with Crippen LogP contribution in [0.1, 0.15) is 17.0 Å². The molecule has 0 saturated carbocycles. The standard InChI is InChI=1S/C20H14I2N4O3/c1-28-11-4-2-9(3-5-11)17-16-15(12-6-10(21)7-14(22)18(12)27)13(8-23)19(24)29-20(16)26-25-17/h2-7,13,15,24,27H,1H3,(H,25,26). The summed E-state index contributed by atoms with van der Waals surface area (Å²) in [7, 11) is 1.60. The fourth-order valence-corrected chi connectivity index (χ4v) is 5.34. The molecule has 0 aliphatic carbocycles. The second kappa shape index (κ2) is 7.83. The molecule has 0 spiro atoms. The lowest BCUT2D eigenvalue weighted by atomic mass is 9.78. The van der Waals surface area contributed by atoms with Crippen LogP contribution >= 0.6 is 45.2 Å². The number of methoxy groups -OCH3 is 1. The maximum absolute atomic E-state index is 10.8. The van der Waals surface area contributed by atoms with Crippen LogP contribution in [0.5, 0.6) is 17.4 Å². The number of phenols is 1. The zero-order valence-corrected chi connectivity index (χ0v) is 19.3. The fraction of sp³-hybridized carbons (Fsp3) is 0.150. The van der Waals surface area contributed by atoms with E-state index in [1.807, 2.05) is 36.4 Å². The van der Waals surface area contributed by atoms with E-state index >= 15 is 0 Å². The van der Waals surface area contributed by atoms with Gasteiger partial charge in [-0.25, -0.2) is 0 Å². The summed E-state index contributed by atoms with van der Waals surface area (Å²) in [6.45, 7) is 0. The maximum Gasteiger partial charge on any atom is 0.244 e. The molecule has 2 atom stereocenters. The molecule has 1 aromatic heterocycles. The van der Waals surface area contributed by atoms with Gasteiger partial charge in [0.2, 0.25) is 11.8 Å². The number of aromatic amines is 1. The summed E-state index contributed by atoms with van der Waals surface area (Å²) >= 11 is 4.24. The molecule has 146 valence electrons. The van der Waals surface area contributed by atoms with Crippen LogP contribution in [0.25, 0.3) is 11.3 Å². The molecule has 29 heavy (non-hydrogen) atoms. The minimum Gasteiger partial charge on any atom is -0.507 e. The Morgan fingerprint density at radius 1 is 1.28 bits per heavy atom. The molecule has 0 fully saturated rings. The zero-order valence-electron chi connectivity index (χ0n) is 15.0. The van der Waals surface area contributed by atoms with Crippen LogP contribution < -0.4 is 9.47 Å². The van der Waals surface area contributed by atoms with Gasteiger partial charge in [-0.15, -0.1) is 5.10 Å². The van der Waals surface area contributed by atoms with E-state index in [2.05, 4.69) is 61.4 Å². The zero-order chi connectivity index (χ0) is 20.7. The van der Waals surface area contributed by atoms with Gasteiger partial charge in [-0.2, -0.15) is 5.26 Å². The minimum absolute atomic E-state index is 0.0961. The molecule has 1 aliphatic heterocycles. The molecule has 3 N–H and O–H groups in total. The topological polar surface area (TPSA) is 115 Å². The van der Waals surface area contributed by atoms with E-state index in [9.17, 15) is 10.4 Å². The van der Waals surface area contributed by atoms with E-state index in [1.165, 1.54) is 0 Å². The number of nitrogens with zero attached hydrogens (tertiary/aromatic N) is 2. The number of hydrogen-bond acceptors (Lipinski definition) is 6. The molecule has 2 aromatic carbocycles. The Labute approximate surface area is 193 Å². The fourth-order valence-electron chi connectivity index (χ4n) is 3.45. The Morgan fingerprint density at radius 2 is 2.00 bits per heavy atom. The largest absolute Gasteiger partial charge is 0.507 e. The van der Waals surface area contributed by atoms with Crippen molar-refractivity contribution in [2.24, 2.45) is 5.92 Å². The number of H-pyrrole nitrogens is 1. The summed E-state index contributed by atoms with van der Waals surface area (Å²) in [5.41, 5.74) is 2.72. The van der Waals surface area contributed by atoms with Crippen molar-refractivity contribution in [3.63, 3.8) is 0 Å². The lowest BCUT2D eigenvalue weighted by Gasteiger charge is -2.29. The van der Waals surface area contributed by atoms with Crippen LogP contribution in [0.2, 0.25) is 0 Å². The average molecular weight is 612 g/mol. The first-order chi connectivity index (χ1) is 13.9. The van der Waals surface area contributed by atoms with Gasteiger partial charge < -0.3 is 14.6 Å². The molecule has 7 nitrogen and oxygen atoms in total. The highest BCUT2D eigenvalue weighted by Crippen LogP contribution is 2.48. The van der Waals surface area contributed by atoms with Gasteiger partial charge in [-0.1, -0.05) is 0 Å². The van der Waals surface area contributed by atoms with Crippen molar-refractivity contribution in [1.82, 2.24) is 10.2 Å².